The van der Waals surface area contributed by atoms with Crippen LogP contribution < -0.4 is 0 Å². The average Bonchev–Trinajstić information content (AvgIpc) is 2.80. The molecule has 0 aliphatic carbocycles. The van der Waals surface area contributed by atoms with E-state index in [1.165, 1.54) is 4.90 Å². The molecule has 1 amide bonds. The van der Waals surface area contributed by atoms with Gasteiger partial charge in [-0.2, -0.15) is 0 Å². The SMILES string of the molecule is CN(Cc1ncc[nH]1)C(=O)C1CCCCS1(=O)=O. The molecule has 100 valence electrons. The van der Waals surface area contributed by atoms with Gasteiger partial charge in [-0.25, -0.2) is 13.4 Å². The molecular formula is C11H17N3O3S. The van der Waals surface area contributed by atoms with Crippen LogP contribution in [0.2, 0.25) is 0 Å². The number of hydrogen-bond acceptors (Lipinski definition) is 4. The molecule has 1 saturated heterocycles. The van der Waals surface area contributed by atoms with Crippen molar-refractivity contribution >= 4 is 15.7 Å². The zero-order valence-electron chi connectivity index (χ0n) is 10.3. The molecule has 0 aromatic carbocycles. The number of aromatic amines is 1. The van der Waals surface area contributed by atoms with Gasteiger partial charge < -0.3 is 9.88 Å². The van der Waals surface area contributed by atoms with E-state index in [-0.39, 0.29) is 11.7 Å². The molecule has 1 aromatic rings. The number of amides is 1. The smallest absolute Gasteiger partial charge is 0.241 e. The van der Waals surface area contributed by atoms with E-state index in [1.807, 2.05) is 0 Å². The summed E-state index contributed by atoms with van der Waals surface area (Å²) in [5, 5.41) is -0.869. The summed E-state index contributed by atoms with van der Waals surface area (Å²) in [7, 11) is -1.66. The van der Waals surface area contributed by atoms with Gasteiger partial charge in [0.2, 0.25) is 5.91 Å². The zero-order chi connectivity index (χ0) is 13.2. The summed E-state index contributed by atoms with van der Waals surface area (Å²) < 4.78 is 23.7. The molecule has 1 fully saturated rings. The van der Waals surface area contributed by atoms with Crippen LogP contribution in [0.25, 0.3) is 0 Å². The van der Waals surface area contributed by atoms with Gasteiger partial charge in [0.25, 0.3) is 0 Å². The molecular weight excluding hydrogens is 254 g/mol. The van der Waals surface area contributed by atoms with Gasteiger partial charge >= 0.3 is 0 Å². The Morgan fingerprint density at radius 2 is 2.33 bits per heavy atom. The molecule has 1 unspecified atom stereocenters. The fourth-order valence-corrected chi connectivity index (χ4v) is 4.07. The minimum Gasteiger partial charge on any atom is -0.347 e. The van der Waals surface area contributed by atoms with Gasteiger partial charge in [0.05, 0.1) is 12.3 Å². The fourth-order valence-electron chi connectivity index (χ4n) is 2.16. The quantitative estimate of drug-likeness (QED) is 0.859. The molecule has 0 bridgehead atoms. The Morgan fingerprint density at radius 1 is 1.56 bits per heavy atom. The van der Waals surface area contributed by atoms with Crippen molar-refractivity contribution in [1.82, 2.24) is 14.9 Å². The molecule has 1 aromatic heterocycles. The lowest BCUT2D eigenvalue weighted by molar-refractivity contribution is -0.130. The van der Waals surface area contributed by atoms with Gasteiger partial charge in [0.15, 0.2) is 9.84 Å². The van der Waals surface area contributed by atoms with Crippen LogP contribution in [-0.2, 0) is 21.2 Å². The highest BCUT2D eigenvalue weighted by Crippen LogP contribution is 2.21. The first-order valence-electron chi connectivity index (χ1n) is 5.95. The summed E-state index contributed by atoms with van der Waals surface area (Å²) in [5.41, 5.74) is 0. The summed E-state index contributed by atoms with van der Waals surface area (Å²) in [6.45, 7) is 0.303. The van der Waals surface area contributed by atoms with Crippen LogP contribution in [0.5, 0.6) is 0 Å². The Kier molecular flexibility index (Phi) is 3.70. The number of nitrogens with one attached hydrogen (secondary N) is 1. The molecule has 6 nitrogen and oxygen atoms in total. The van der Waals surface area contributed by atoms with Crippen molar-refractivity contribution in [1.29, 1.82) is 0 Å². The van der Waals surface area contributed by atoms with Crippen molar-refractivity contribution < 1.29 is 13.2 Å². The van der Waals surface area contributed by atoms with E-state index in [9.17, 15) is 13.2 Å². The van der Waals surface area contributed by atoms with Crippen LogP contribution in [-0.4, -0.2) is 47.2 Å². The monoisotopic (exact) mass is 271 g/mol. The molecule has 7 heteroatoms. The van der Waals surface area contributed by atoms with Gasteiger partial charge in [-0.15, -0.1) is 0 Å². The number of imidazole rings is 1. The minimum atomic E-state index is -3.27. The van der Waals surface area contributed by atoms with E-state index in [2.05, 4.69) is 9.97 Å². The summed E-state index contributed by atoms with van der Waals surface area (Å²) in [4.78, 5) is 20.5. The number of rotatable bonds is 3. The second-order valence-corrected chi connectivity index (χ2v) is 6.88. The van der Waals surface area contributed by atoms with Gasteiger partial charge in [0.1, 0.15) is 11.1 Å². The highest BCUT2D eigenvalue weighted by atomic mass is 32.2. The van der Waals surface area contributed by atoms with Crippen molar-refractivity contribution in [3.8, 4) is 0 Å². The van der Waals surface area contributed by atoms with E-state index in [4.69, 9.17) is 0 Å². The van der Waals surface area contributed by atoms with Crippen molar-refractivity contribution in [3.05, 3.63) is 18.2 Å². The summed E-state index contributed by atoms with van der Waals surface area (Å²) in [6.07, 6.45) is 5.16. The van der Waals surface area contributed by atoms with Crippen molar-refractivity contribution in [2.75, 3.05) is 12.8 Å². The highest BCUT2D eigenvalue weighted by molar-refractivity contribution is 7.92. The van der Waals surface area contributed by atoms with Gasteiger partial charge in [-0.3, -0.25) is 4.79 Å². The first kappa shape index (κ1) is 13.1. The maximum atomic E-state index is 12.1. The van der Waals surface area contributed by atoms with Crippen molar-refractivity contribution in [2.24, 2.45) is 0 Å². The Balaban J connectivity index is 2.06. The van der Waals surface area contributed by atoms with E-state index in [0.29, 0.717) is 25.2 Å². The lowest BCUT2D eigenvalue weighted by Crippen LogP contribution is -2.43. The number of carbonyl (C=O) groups is 1. The molecule has 2 rings (SSSR count). The van der Waals surface area contributed by atoms with Crippen LogP contribution in [0.4, 0.5) is 0 Å². The van der Waals surface area contributed by atoms with E-state index < -0.39 is 15.1 Å². The molecule has 1 atom stereocenters. The molecule has 1 aliphatic rings. The zero-order valence-corrected chi connectivity index (χ0v) is 11.1. The van der Waals surface area contributed by atoms with Gasteiger partial charge in [0, 0.05) is 19.4 Å². The van der Waals surface area contributed by atoms with E-state index >= 15 is 0 Å². The van der Waals surface area contributed by atoms with E-state index in [1.54, 1.807) is 19.4 Å². The number of aromatic nitrogens is 2. The highest BCUT2D eigenvalue weighted by Gasteiger charge is 2.36. The van der Waals surface area contributed by atoms with Crippen LogP contribution >= 0.6 is 0 Å². The minimum absolute atomic E-state index is 0.123. The normalized spacial score (nSPS) is 22.6. The summed E-state index contributed by atoms with van der Waals surface area (Å²) in [6, 6.07) is 0. The molecule has 1 aliphatic heterocycles. The molecule has 0 saturated carbocycles. The molecule has 2 heterocycles. The Bertz CT molecular complexity index is 510. The second-order valence-electron chi connectivity index (χ2n) is 4.58. The lowest BCUT2D eigenvalue weighted by atomic mass is 10.1. The average molecular weight is 271 g/mol. The molecule has 1 N–H and O–H groups in total. The standard InChI is InChI=1S/C11H17N3O3S/c1-14(8-10-12-5-6-13-10)11(15)9-4-2-3-7-18(9,16)17/h5-6,9H,2-4,7-8H2,1H3,(H,12,13). The first-order chi connectivity index (χ1) is 8.50. The predicted octanol–water partition coefficient (Wildman–Crippen LogP) is 0.335. The Morgan fingerprint density at radius 3 is 2.94 bits per heavy atom. The van der Waals surface area contributed by atoms with Crippen molar-refractivity contribution in [3.63, 3.8) is 0 Å². The Labute approximate surface area is 106 Å². The first-order valence-corrected chi connectivity index (χ1v) is 7.67. The fraction of sp³-hybridized carbons (Fsp3) is 0.636. The van der Waals surface area contributed by atoms with Crippen molar-refractivity contribution in [2.45, 2.75) is 31.1 Å². The Hall–Kier alpha value is -1.37. The third-order valence-corrected chi connectivity index (χ3v) is 5.33. The molecule has 0 spiro atoms. The largest absolute Gasteiger partial charge is 0.347 e. The van der Waals surface area contributed by atoms with Gasteiger partial charge in [-0.1, -0.05) is 6.42 Å². The third-order valence-electron chi connectivity index (χ3n) is 3.17. The predicted molar refractivity (Wildman–Crippen MR) is 66.5 cm³/mol. The van der Waals surface area contributed by atoms with Gasteiger partial charge in [-0.05, 0) is 12.8 Å². The van der Waals surface area contributed by atoms with E-state index in [0.717, 1.165) is 6.42 Å². The molecule has 18 heavy (non-hydrogen) atoms. The summed E-state index contributed by atoms with van der Waals surface area (Å²) in [5.74, 6) is 0.447. The number of sulfone groups is 1. The maximum Gasteiger partial charge on any atom is 0.241 e. The number of carbonyl (C=O) groups excluding carboxylic acids is 1. The van der Waals surface area contributed by atoms with Crippen LogP contribution in [0.1, 0.15) is 25.1 Å². The third kappa shape index (κ3) is 2.72. The topological polar surface area (TPSA) is 83.1 Å². The summed E-state index contributed by atoms with van der Waals surface area (Å²) >= 11 is 0. The lowest BCUT2D eigenvalue weighted by Gasteiger charge is -2.25. The van der Waals surface area contributed by atoms with Crippen LogP contribution in [0.15, 0.2) is 12.4 Å². The van der Waals surface area contributed by atoms with Crippen LogP contribution in [0, 0.1) is 0 Å². The number of hydrogen-bond donors (Lipinski definition) is 1. The maximum absolute atomic E-state index is 12.1. The number of nitrogens with zero attached hydrogens (tertiary/aromatic N) is 2. The van der Waals surface area contributed by atoms with Crippen LogP contribution in [0.3, 0.4) is 0 Å². The molecule has 0 radical (unpaired) electrons. The second kappa shape index (κ2) is 5.09. The number of H-pyrrole nitrogens is 1.